The van der Waals surface area contributed by atoms with Gasteiger partial charge in [-0.25, -0.2) is 8.42 Å². The zero-order valence-corrected chi connectivity index (χ0v) is 19.1. The van der Waals surface area contributed by atoms with E-state index in [-0.39, 0.29) is 23.6 Å². The Bertz CT molecular complexity index is 1370. The van der Waals surface area contributed by atoms with Gasteiger partial charge in [0.15, 0.2) is 0 Å². The van der Waals surface area contributed by atoms with Crippen molar-refractivity contribution in [3.8, 4) is 17.1 Å². The highest BCUT2D eigenvalue weighted by Gasteiger charge is 2.16. The van der Waals surface area contributed by atoms with Crippen LogP contribution in [0.5, 0.6) is 5.75 Å². The van der Waals surface area contributed by atoms with Gasteiger partial charge in [-0.1, -0.05) is 41.6 Å². The molecule has 0 aliphatic carbocycles. The summed E-state index contributed by atoms with van der Waals surface area (Å²) in [7, 11) is -2.31. The van der Waals surface area contributed by atoms with Crippen molar-refractivity contribution < 1.29 is 22.5 Å². The fourth-order valence-electron chi connectivity index (χ4n) is 3.12. The smallest absolute Gasteiger partial charge is 0.261 e. The Labute approximate surface area is 196 Å². The molecule has 2 N–H and O–H groups in total. The molecule has 0 saturated heterocycles. The van der Waals surface area contributed by atoms with Crippen molar-refractivity contribution in [2.45, 2.75) is 17.7 Å². The fraction of sp³-hybridized carbons (Fsp3) is 0.125. The molecule has 0 saturated carbocycles. The summed E-state index contributed by atoms with van der Waals surface area (Å²) >= 11 is 0. The molecule has 0 aliphatic heterocycles. The quantitative estimate of drug-likeness (QED) is 0.371. The van der Waals surface area contributed by atoms with Crippen LogP contribution >= 0.6 is 0 Å². The average Bonchev–Trinajstić information content (AvgIpc) is 3.33. The zero-order chi connectivity index (χ0) is 24.0. The molecule has 0 fully saturated rings. The van der Waals surface area contributed by atoms with Crippen molar-refractivity contribution in [2.24, 2.45) is 0 Å². The molecule has 1 heterocycles. The van der Waals surface area contributed by atoms with E-state index in [2.05, 4.69) is 20.2 Å². The van der Waals surface area contributed by atoms with Crippen LogP contribution in [0.1, 0.15) is 12.3 Å². The summed E-state index contributed by atoms with van der Waals surface area (Å²) in [5.74, 6) is 1.11. The minimum Gasteiger partial charge on any atom is -0.497 e. The third-order valence-corrected chi connectivity index (χ3v) is 6.22. The second kappa shape index (κ2) is 10.2. The van der Waals surface area contributed by atoms with E-state index >= 15 is 0 Å². The lowest BCUT2D eigenvalue weighted by Gasteiger charge is -2.10. The molecule has 0 aliphatic rings. The zero-order valence-electron chi connectivity index (χ0n) is 18.3. The van der Waals surface area contributed by atoms with E-state index in [4.69, 9.17) is 9.26 Å². The standard InChI is InChI=1S/C24H22N4O5S/c1-32-20-12-10-18(11-13-20)28-34(30,31)21-9-5-8-19(16-21)25-22(29)14-15-23-26-24(27-33-23)17-6-3-2-4-7-17/h2-13,16,28H,14-15H2,1H3,(H,25,29). The molecule has 1 aromatic heterocycles. The molecule has 4 aromatic rings. The average molecular weight is 479 g/mol. The molecule has 0 unspecified atom stereocenters. The van der Waals surface area contributed by atoms with Gasteiger partial charge in [-0.15, -0.1) is 0 Å². The first-order chi connectivity index (χ1) is 16.4. The Kier molecular flexibility index (Phi) is 6.88. The number of hydrogen-bond donors (Lipinski definition) is 2. The number of anilines is 2. The third kappa shape index (κ3) is 5.78. The minimum absolute atomic E-state index is 0.0190. The number of nitrogens with zero attached hydrogens (tertiary/aromatic N) is 2. The van der Waals surface area contributed by atoms with Gasteiger partial charge >= 0.3 is 0 Å². The van der Waals surface area contributed by atoms with Crippen molar-refractivity contribution in [1.29, 1.82) is 0 Å². The second-order valence-corrected chi connectivity index (χ2v) is 8.97. The normalized spacial score (nSPS) is 11.1. The van der Waals surface area contributed by atoms with Crippen LogP contribution in [0.3, 0.4) is 0 Å². The Hall–Kier alpha value is -4.18. The third-order valence-electron chi connectivity index (χ3n) is 4.84. The number of carbonyl (C=O) groups is 1. The first-order valence-electron chi connectivity index (χ1n) is 10.4. The lowest BCUT2D eigenvalue weighted by atomic mass is 10.2. The first-order valence-corrected chi connectivity index (χ1v) is 11.9. The SMILES string of the molecule is COc1ccc(NS(=O)(=O)c2cccc(NC(=O)CCc3nc(-c4ccccc4)no3)c2)cc1. The van der Waals surface area contributed by atoms with Gasteiger partial charge in [-0.3, -0.25) is 9.52 Å². The maximum absolute atomic E-state index is 12.7. The van der Waals surface area contributed by atoms with Crippen LogP contribution in [0.2, 0.25) is 0 Å². The van der Waals surface area contributed by atoms with E-state index < -0.39 is 10.0 Å². The number of rotatable bonds is 9. The lowest BCUT2D eigenvalue weighted by molar-refractivity contribution is -0.116. The molecule has 0 radical (unpaired) electrons. The van der Waals surface area contributed by atoms with Gasteiger partial charge in [0.1, 0.15) is 5.75 Å². The molecule has 4 rings (SSSR count). The summed E-state index contributed by atoms with van der Waals surface area (Å²) in [5, 5.41) is 6.64. The monoisotopic (exact) mass is 478 g/mol. The van der Waals surface area contributed by atoms with Crippen LogP contribution in [0.25, 0.3) is 11.4 Å². The molecule has 0 bridgehead atoms. The van der Waals surface area contributed by atoms with E-state index in [1.54, 1.807) is 36.4 Å². The van der Waals surface area contributed by atoms with Crippen LogP contribution in [0.15, 0.2) is 88.3 Å². The molecule has 34 heavy (non-hydrogen) atoms. The molecule has 0 atom stereocenters. The van der Waals surface area contributed by atoms with E-state index in [0.717, 1.165) is 5.56 Å². The summed E-state index contributed by atoms with van der Waals surface area (Å²) in [6.45, 7) is 0. The number of amides is 1. The maximum Gasteiger partial charge on any atom is 0.261 e. The highest BCUT2D eigenvalue weighted by Crippen LogP contribution is 2.22. The molecule has 0 spiro atoms. The summed E-state index contributed by atoms with van der Waals surface area (Å²) in [4.78, 5) is 16.7. The number of sulfonamides is 1. The van der Waals surface area contributed by atoms with Crippen molar-refractivity contribution in [3.05, 3.63) is 84.8 Å². The number of aromatic nitrogens is 2. The van der Waals surface area contributed by atoms with Gasteiger partial charge in [-0.05, 0) is 42.5 Å². The maximum atomic E-state index is 12.7. The van der Waals surface area contributed by atoms with Crippen molar-refractivity contribution in [1.82, 2.24) is 10.1 Å². The summed E-state index contributed by atoms with van der Waals surface area (Å²) in [6, 6.07) is 21.9. The molecule has 3 aromatic carbocycles. The summed E-state index contributed by atoms with van der Waals surface area (Å²) < 4.78 is 38.3. The number of ether oxygens (including phenoxy) is 1. The van der Waals surface area contributed by atoms with Crippen molar-refractivity contribution >= 4 is 27.3 Å². The Morgan fingerprint density at radius 3 is 2.47 bits per heavy atom. The molecule has 9 nitrogen and oxygen atoms in total. The van der Waals surface area contributed by atoms with Crippen LogP contribution < -0.4 is 14.8 Å². The predicted molar refractivity (Wildman–Crippen MR) is 127 cm³/mol. The Morgan fingerprint density at radius 1 is 0.971 bits per heavy atom. The number of hydrogen-bond acceptors (Lipinski definition) is 7. The van der Waals surface area contributed by atoms with E-state index in [0.29, 0.717) is 28.8 Å². The van der Waals surface area contributed by atoms with Gasteiger partial charge in [0.25, 0.3) is 10.0 Å². The van der Waals surface area contributed by atoms with Gasteiger partial charge in [0.05, 0.1) is 12.0 Å². The number of carbonyl (C=O) groups excluding carboxylic acids is 1. The largest absolute Gasteiger partial charge is 0.497 e. The topological polar surface area (TPSA) is 123 Å². The van der Waals surface area contributed by atoms with Gasteiger partial charge in [0.2, 0.25) is 17.6 Å². The predicted octanol–water partition coefficient (Wildman–Crippen LogP) is 4.12. The molecular weight excluding hydrogens is 456 g/mol. The number of aryl methyl sites for hydroxylation is 1. The van der Waals surface area contributed by atoms with E-state index in [1.807, 2.05) is 30.3 Å². The van der Waals surface area contributed by atoms with Crippen molar-refractivity contribution in [3.63, 3.8) is 0 Å². The van der Waals surface area contributed by atoms with Gasteiger partial charge < -0.3 is 14.6 Å². The Balaban J connectivity index is 1.36. The molecule has 10 heteroatoms. The first kappa shape index (κ1) is 23.0. The number of benzene rings is 3. The number of methoxy groups -OCH3 is 1. The number of nitrogens with one attached hydrogen (secondary N) is 2. The van der Waals surface area contributed by atoms with Crippen molar-refractivity contribution in [2.75, 3.05) is 17.1 Å². The molecule has 174 valence electrons. The molecule has 1 amide bonds. The Morgan fingerprint density at radius 2 is 1.74 bits per heavy atom. The van der Waals surface area contributed by atoms with Gasteiger partial charge in [-0.2, -0.15) is 4.98 Å². The molecular formula is C24H22N4O5S. The highest BCUT2D eigenvalue weighted by molar-refractivity contribution is 7.92. The fourth-order valence-corrected chi connectivity index (χ4v) is 4.22. The van der Waals surface area contributed by atoms with E-state index in [9.17, 15) is 13.2 Å². The van der Waals surface area contributed by atoms with Gasteiger partial charge in [0, 0.05) is 29.8 Å². The van der Waals surface area contributed by atoms with Crippen LogP contribution in [-0.4, -0.2) is 31.6 Å². The van der Waals surface area contributed by atoms with E-state index in [1.165, 1.54) is 19.2 Å². The highest BCUT2D eigenvalue weighted by atomic mass is 32.2. The lowest BCUT2D eigenvalue weighted by Crippen LogP contribution is -2.15. The summed E-state index contributed by atoms with van der Waals surface area (Å²) in [6.07, 6.45) is 0.347. The summed E-state index contributed by atoms with van der Waals surface area (Å²) in [5.41, 5.74) is 1.58. The second-order valence-electron chi connectivity index (χ2n) is 7.29. The van der Waals surface area contributed by atoms with Crippen LogP contribution in [0, 0.1) is 0 Å². The van der Waals surface area contributed by atoms with Crippen LogP contribution in [0.4, 0.5) is 11.4 Å². The minimum atomic E-state index is -3.85. The van der Waals surface area contributed by atoms with Crippen LogP contribution in [-0.2, 0) is 21.2 Å².